The smallest absolute Gasteiger partial charge is 0.314 e. The Bertz CT molecular complexity index is 806. The van der Waals surface area contributed by atoms with Gasteiger partial charge in [0.1, 0.15) is 5.82 Å². The summed E-state index contributed by atoms with van der Waals surface area (Å²) in [6, 6.07) is 12.0. The van der Waals surface area contributed by atoms with Crippen molar-refractivity contribution in [3.8, 4) is 0 Å². The average molecular weight is 365 g/mol. The fraction of sp³-hybridized carbons (Fsp3) is 0.235. The predicted octanol–water partition coefficient (Wildman–Crippen LogP) is 1.56. The lowest BCUT2D eigenvalue weighted by molar-refractivity contribution is 0.241. The molecule has 0 radical (unpaired) electrons. The molecule has 2 aromatic carbocycles. The Hall–Kier alpha value is -2.45. The van der Waals surface area contributed by atoms with Crippen LogP contribution in [0.15, 0.2) is 53.4 Å². The Morgan fingerprint density at radius 1 is 0.880 bits per heavy atom. The van der Waals surface area contributed by atoms with Crippen LogP contribution in [0, 0.1) is 5.82 Å². The van der Waals surface area contributed by atoms with Gasteiger partial charge in [0.25, 0.3) is 0 Å². The number of carbonyl (C=O) groups excluding carboxylic acids is 1. The fourth-order valence-corrected chi connectivity index (χ4v) is 2.72. The molecule has 0 saturated heterocycles. The second kappa shape index (κ2) is 8.59. The van der Waals surface area contributed by atoms with Gasteiger partial charge in [0.15, 0.2) is 0 Å². The summed E-state index contributed by atoms with van der Waals surface area (Å²) in [5, 5.41) is 10.5. The molecular formula is C17H20FN3O3S. The topological polar surface area (TPSA) is 101 Å². The zero-order valence-electron chi connectivity index (χ0n) is 13.5. The maximum Gasteiger partial charge on any atom is 0.314 e. The van der Waals surface area contributed by atoms with Gasteiger partial charge in [-0.05, 0) is 48.2 Å². The summed E-state index contributed by atoms with van der Waals surface area (Å²) in [4.78, 5) is 11.7. The van der Waals surface area contributed by atoms with E-state index in [0.29, 0.717) is 25.9 Å². The largest absolute Gasteiger partial charge is 0.338 e. The summed E-state index contributed by atoms with van der Waals surface area (Å²) in [5.74, 6) is -0.286. The van der Waals surface area contributed by atoms with Gasteiger partial charge in [0.2, 0.25) is 10.0 Å². The summed E-state index contributed by atoms with van der Waals surface area (Å²) < 4.78 is 35.1. The van der Waals surface area contributed by atoms with Crippen LogP contribution in [0.1, 0.15) is 11.1 Å². The van der Waals surface area contributed by atoms with Gasteiger partial charge in [-0.15, -0.1) is 0 Å². The standard InChI is InChI=1S/C17H20FN3O3S/c18-15-5-1-13(2-6-15)9-11-20-17(22)21-12-10-14-3-7-16(8-4-14)25(19,23)24/h1-8H,9-12H2,(H2,19,23,24)(H2,20,21,22). The zero-order valence-corrected chi connectivity index (χ0v) is 14.4. The van der Waals surface area contributed by atoms with Crippen LogP contribution >= 0.6 is 0 Å². The molecule has 0 saturated carbocycles. The lowest BCUT2D eigenvalue weighted by Gasteiger charge is -2.08. The van der Waals surface area contributed by atoms with Crippen molar-refractivity contribution in [1.29, 1.82) is 0 Å². The normalized spacial score (nSPS) is 11.1. The van der Waals surface area contributed by atoms with Crippen molar-refractivity contribution in [1.82, 2.24) is 10.6 Å². The molecule has 0 aliphatic rings. The lowest BCUT2D eigenvalue weighted by atomic mass is 10.1. The minimum atomic E-state index is -3.69. The van der Waals surface area contributed by atoms with Crippen LogP contribution < -0.4 is 15.8 Å². The van der Waals surface area contributed by atoms with Gasteiger partial charge in [-0.1, -0.05) is 24.3 Å². The van der Waals surface area contributed by atoms with Crippen LogP contribution in [0.3, 0.4) is 0 Å². The van der Waals surface area contributed by atoms with E-state index in [9.17, 15) is 17.6 Å². The zero-order chi connectivity index (χ0) is 18.3. The number of benzene rings is 2. The molecule has 0 bridgehead atoms. The number of carbonyl (C=O) groups is 1. The van der Waals surface area contributed by atoms with E-state index in [-0.39, 0.29) is 16.7 Å². The third-order valence-electron chi connectivity index (χ3n) is 3.56. The highest BCUT2D eigenvalue weighted by atomic mass is 32.2. The average Bonchev–Trinajstić information content (AvgIpc) is 2.56. The summed E-state index contributed by atoms with van der Waals surface area (Å²) in [7, 11) is -3.69. The summed E-state index contributed by atoms with van der Waals surface area (Å²) in [6.45, 7) is 0.859. The molecule has 2 rings (SSSR count). The van der Waals surface area contributed by atoms with E-state index < -0.39 is 10.0 Å². The molecule has 0 aromatic heterocycles. The summed E-state index contributed by atoms with van der Waals surface area (Å²) >= 11 is 0. The number of hydrogen-bond acceptors (Lipinski definition) is 3. The molecule has 0 heterocycles. The van der Waals surface area contributed by atoms with Gasteiger partial charge < -0.3 is 10.6 Å². The Kier molecular flexibility index (Phi) is 6.49. The third-order valence-corrected chi connectivity index (χ3v) is 4.49. The molecule has 6 nitrogen and oxygen atoms in total. The first-order valence-electron chi connectivity index (χ1n) is 7.72. The number of nitrogens with one attached hydrogen (secondary N) is 2. The van der Waals surface area contributed by atoms with Crippen molar-refractivity contribution in [3.63, 3.8) is 0 Å². The summed E-state index contributed by atoms with van der Waals surface area (Å²) in [6.07, 6.45) is 1.18. The van der Waals surface area contributed by atoms with E-state index in [1.54, 1.807) is 24.3 Å². The minimum absolute atomic E-state index is 0.0581. The highest BCUT2D eigenvalue weighted by Crippen LogP contribution is 2.08. The SMILES string of the molecule is NS(=O)(=O)c1ccc(CCNC(=O)NCCc2ccc(F)cc2)cc1. The first-order chi connectivity index (χ1) is 11.8. The predicted molar refractivity (Wildman–Crippen MR) is 93.0 cm³/mol. The van der Waals surface area contributed by atoms with Crippen molar-refractivity contribution >= 4 is 16.1 Å². The first kappa shape index (κ1) is 18.9. The lowest BCUT2D eigenvalue weighted by Crippen LogP contribution is -2.37. The number of rotatable bonds is 7. The first-order valence-corrected chi connectivity index (χ1v) is 9.27. The molecule has 2 aromatic rings. The Labute approximate surface area is 146 Å². The van der Waals surface area contributed by atoms with Crippen LogP contribution in [0.5, 0.6) is 0 Å². The number of halogens is 1. The van der Waals surface area contributed by atoms with Gasteiger partial charge in [-0.3, -0.25) is 0 Å². The van der Waals surface area contributed by atoms with Crippen LogP contribution in [0.2, 0.25) is 0 Å². The second-order valence-corrected chi connectivity index (χ2v) is 7.06. The van der Waals surface area contributed by atoms with Crippen molar-refractivity contribution in [2.75, 3.05) is 13.1 Å². The van der Waals surface area contributed by atoms with Crippen molar-refractivity contribution in [2.45, 2.75) is 17.7 Å². The second-order valence-electron chi connectivity index (χ2n) is 5.50. The molecule has 134 valence electrons. The molecule has 8 heteroatoms. The number of sulfonamides is 1. The highest BCUT2D eigenvalue weighted by molar-refractivity contribution is 7.89. The van der Waals surface area contributed by atoms with Crippen LogP contribution in [-0.2, 0) is 22.9 Å². The number of amides is 2. The maximum atomic E-state index is 12.8. The third kappa shape index (κ3) is 6.52. The number of urea groups is 1. The molecular weight excluding hydrogens is 345 g/mol. The van der Waals surface area contributed by atoms with Crippen molar-refractivity contribution < 1.29 is 17.6 Å². The Morgan fingerprint density at radius 3 is 1.76 bits per heavy atom. The molecule has 0 atom stereocenters. The molecule has 0 spiro atoms. The summed E-state index contributed by atoms with van der Waals surface area (Å²) in [5.41, 5.74) is 1.83. The molecule has 25 heavy (non-hydrogen) atoms. The van der Waals surface area contributed by atoms with Gasteiger partial charge in [-0.2, -0.15) is 0 Å². The maximum absolute atomic E-state index is 12.8. The number of hydrogen-bond donors (Lipinski definition) is 3. The van der Waals surface area contributed by atoms with E-state index in [1.165, 1.54) is 24.3 Å². The molecule has 0 aliphatic carbocycles. The van der Waals surface area contributed by atoms with E-state index >= 15 is 0 Å². The number of nitrogens with two attached hydrogens (primary N) is 1. The van der Waals surface area contributed by atoms with Crippen LogP contribution in [0.4, 0.5) is 9.18 Å². The van der Waals surface area contributed by atoms with E-state index in [1.807, 2.05) is 0 Å². The van der Waals surface area contributed by atoms with Gasteiger partial charge >= 0.3 is 6.03 Å². The van der Waals surface area contributed by atoms with E-state index in [4.69, 9.17) is 5.14 Å². The van der Waals surface area contributed by atoms with E-state index in [0.717, 1.165) is 11.1 Å². The Balaban J connectivity index is 1.67. The van der Waals surface area contributed by atoms with Crippen LogP contribution in [0.25, 0.3) is 0 Å². The fourth-order valence-electron chi connectivity index (χ4n) is 2.20. The van der Waals surface area contributed by atoms with Gasteiger partial charge in [-0.25, -0.2) is 22.7 Å². The number of primary sulfonamides is 1. The molecule has 0 aliphatic heterocycles. The molecule has 0 unspecified atom stereocenters. The van der Waals surface area contributed by atoms with E-state index in [2.05, 4.69) is 10.6 Å². The molecule has 2 amide bonds. The Morgan fingerprint density at radius 2 is 1.32 bits per heavy atom. The van der Waals surface area contributed by atoms with Crippen molar-refractivity contribution in [3.05, 3.63) is 65.5 Å². The monoisotopic (exact) mass is 365 g/mol. The van der Waals surface area contributed by atoms with Gasteiger partial charge in [0.05, 0.1) is 4.90 Å². The van der Waals surface area contributed by atoms with Crippen molar-refractivity contribution in [2.24, 2.45) is 5.14 Å². The molecule has 4 N–H and O–H groups in total. The minimum Gasteiger partial charge on any atom is -0.338 e. The van der Waals surface area contributed by atoms with Gasteiger partial charge in [0, 0.05) is 13.1 Å². The highest BCUT2D eigenvalue weighted by Gasteiger charge is 2.06. The molecule has 0 fully saturated rings. The quantitative estimate of drug-likeness (QED) is 0.694. The van der Waals surface area contributed by atoms with Crippen LogP contribution in [-0.4, -0.2) is 27.5 Å².